The molecule has 0 amide bonds. The monoisotopic (exact) mass is 444 g/mol. The van der Waals surface area contributed by atoms with Crippen molar-refractivity contribution in [3.8, 4) is 22.8 Å². The summed E-state index contributed by atoms with van der Waals surface area (Å²) in [5.74, 6) is 0.295. The molecule has 0 saturated heterocycles. The summed E-state index contributed by atoms with van der Waals surface area (Å²) >= 11 is 0. The summed E-state index contributed by atoms with van der Waals surface area (Å²) in [6.45, 7) is 10.0. The summed E-state index contributed by atoms with van der Waals surface area (Å²) in [6.07, 6.45) is 3.00. The van der Waals surface area contributed by atoms with E-state index in [-0.39, 0.29) is 6.54 Å². The van der Waals surface area contributed by atoms with Gasteiger partial charge in [-0.2, -0.15) is 4.98 Å². The van der Waals surface area contributed by atoms with Crippen molar-refractivity contribution in [1.29, 1.82) is 0 Å². The molecule has 170 valence electrons. The van der Waals surface area contributed by atoms with Crippen molar-refractivity contribution in [3.63, 3.8) is 0 Å². The van der Waals surface area contributed by atoms with E-state index in [2.05, 4.69) is 61.8 Å². The van der Waals surface area contributed by atoms with E-state index in [9.17, 15) is 4.79 Å². The number of nitrogens with zero attached hydrogens (tertiary/aromatic N) is 4. The maximum absolute atomic E-state index is 11.1. The molecular formula is C26H28N4O3. The molecule has 33 heavy (non-hydrogen) atoms. The standard InChI is InChI=1S/C26H28N4O3/c1-15(2)30-12-16(3)22-11-18(6-8-23(22)30)26-27-25(28-33-26)21-7-5-19-13-29(14-24(31)32)10-9-20(19)17(21)4/h5-8,11-12,15H,9-10,13-14H2,1-4H3,(H,31,32). The van der Waals surface area contributed by atoms with Crippen LogP contribution >= 0.6 is 0 Å². The Morgan fingerprint density at radius 3 is 2.79 bits per heavy atom. The normalized spacial score (nSPS) is 14.2. The summed E-state index contributed by atoms with van der Waals surface area (Å²) in [7, 11) is 0. The van der Waals surface area contributed by atoms with Crippen molar-refractivity contribution in [2.75, 3.05) is 13.1 Å². The minimum atomic E-state index is -0.791. The first-order valence-corrected chi connectivity index (χ1v) is 11.3. The van der Waals surface area contributed by atoms with Crippen LogP contribution in [0.15, 0.2) is 41.1 Å². The first kappa shape index (κ1) is 21.4. The van der Waals surface area contributed by atoms with Crippen LogP contribution in [0.25, 0.3) is 33.7 Å². The minimum absolute atomic E-state index is 0.0683. The van der Waals surface area contributed by atoms with Gasteiger partial charge < -0.3 is 14.2 Å². The van der Waals surface area contributed by atoms with Crippen molar-refractivity contribution in [2.24, 2.45) is 0 Å². The SMILES string of the molecule is Cc1c(-c2noc(-c3ccc4c(c3)c(C)cn4C(C)C)n2)ccc2c1CCN(CC(=O)O)C2. The predicted octanol–water partition coefficient (Wildman–Crippen LogP) is 5.00. The Hall–Kier alpha value is -3.45. The third-order valence-corrected chi connectivity index (χ3v) is 6.63. The van der Waals surface area contributed by atoms with Crippen molar-refractivity contribution in [2.45, 2.75) is 46.7 Å². The molecule has 0 unspecified atom stereocenters. The number of aryl methyl sites for hydroxylation is 1. The van der Waals surface area contributed by atoms with Crippen molar-refractivity contribution >= 4 is 16.9 Å². The molecule has 0 spiro atoms. The van der Waals surface area contributed by atoms with Gasteiger partial charge in [0, 0.05) is 47.4 Å². The molecule has 0 fully saturated rings. The lowest BCUT2D eigenvalue weighted by Gasteiger charge is -2.28. The number of hydrogen-bond acceptors (Lipinski definition) is 5. The highest BCUT2D eigenvalue weighted by Gasteiger charge is 2.23. The number of carboxylic acids is 1. The fourth-order valence-corrected chi connectivity index (χ4v) is 4.90. The fourth-order valence-electron chi connectivity index (χ4n) is 4.90. The minimum Gasteiger partial charge on any atom is -0.480 e. The van der Waals surface area contributed by atoms with Gasteiger partial charge in [-0.15, -0.1) is 0 Å². The zero-order valence-corrected chi connectivity index (χ0v) is 19.4. The Morgan fingerprint density at radius 1 is 1.21 bits per heavy atom. The molecule has 7 nitrogen and oxygen atoms in total. The molecule has 2 aromatic heterocycles. The van der Waals surface area contributed by atoms with Crippen LogP contribution in [0, 0.1) is 13.8 Å². The number of benzene rings is 2. The van der Waals surface area contributed by atoms with Gasteiger partial charge in [0.1, 0.15) is 0 Å². The third kappa shape index (κ3) is 3.82. The predicted molar refractivity (Wildman–Crippen MR) is 127 cm³/mol. The van der Waals surface area contributed by atoms with Crippen LogP contribution in [0.2, 0.25) is 0 Å². The Balaban J connectivity index is 1.46. The van der Waals surface area contributed by atoms with Crippen LogP contribution in [-0.4, -0.2) is 43.8 Å². The summed E-state index contributed by atoms with van der Waals surface area (Å²) in [5.41, 5.74) is 7.85. The Labute approximate surface area is 192 Å². The summed E-state index contributed by atoms with van der Waals surface area (Å²) in [6, 6.07) is 10.8. The highest BCUT2D eigenvalue weighted by molar-refractivity contribution is 5.87. The molecule has 0 radical (unpaired) electrons. The van der Waals surface area contributed by atoms with Gasteiger partial charge in [0.05, 0.1) is 6.54 Å². The molecule has 0 atom stereocenters. The van der Waals surface area contributed by atoms with E-state index in [0.29, 0.717) is 24.3 Å². The van der Waals surface area contributed by atoms with Crippen LogP contribution in [0.5, 0.6) is 0 Å². The second-order valence-electron chi connectivity index (χ2n) is 9.20. The van der Waals surface area contributed by atoms with E-state index < -0.39 is 5.97 Å². The molecule has 1 N–H and O–H groups in total. The van der Waals surface area contributed by atoms with Gasteiger partial charge in [-0.05, 0) is 74.6 Å². The quantitative estimate of drug-likeness (QED) is 0.466. The average molecular weight is 445 g/mol. The zero-order valence-electron chi connectivity index (χ0n) is 19.4. The first-order valence-electron chi connectivity index (χ1n) is 11.3. The zero-order chi connectivity index (χ0) is 23.3. The largest absolute Gasteiger partial charge is 0.480 e. The van der Waals surface area contributed by atoms with Crippen LogP contribution < -0.4 is 0 Å². The van der Waals surface area contributed by atoms with Gasteiger partial charge in [0.15, 0.2) is 0 Å². The van der Waals surface area contributed by atoms with Crippen LogP contribution in [-0.2, 0) is 17.8 Å². The second-order valence-corrected chi connectivity index (χ2v) is 9.20. The van der Waals surface area contributed by atoms with Gasteiger partial charge in [-0.1, -0.05) is 17.3 Å². The fraction of sp³-hybridized carbons (Fsp3) is 0.346. The van der Waals surface area contributed by atoms with Crippen molar-refractivity contribution in [3.05, 3.63) is 58.8 Å². The maximum atomic E-state index is 11.1. The van der Waals surface area contributed by atoms with Gasteiger partial charge in [-0.25, -0.2) is 0 Å². The topological polar surface area (TPSA) is 84.4 Å². The van der Waals surface area contributed by atoms with E-state index >= 15 is 0 Å². The molecule has 4 aromatic rings. The maximum Gasteiger partial charge on any atom is 0.317 e. The van der Waals surface area contributed by atoms with Crippen LogP contribution in [0.1, 0.15) is 42.1 Å². The number of carboxylic acid groups (broad SMARTS) is 1. The molecule has 7 heteroatoms. The van der Waals surface area contributed by atoms with E-state index in [1.807, 2.05) is 17.0 Å². The molecule has 1 aliphatic heterocycles. The first-order chi connectivity index (χ1) is 15.8. The van der Waals surface area contributed by atoms with Gasteiger partial charge in [0.2, 0.25) is 5.82 Å². The average Bonchev–Trinajstić information content (AvgIpc) is 3.38. The molecule has 0 saturated carbocycles. The summed E-state index contributed by atoms with van der Waals surface area (Å²) in [5, 5.41) is 14.6. The van der Waals surface area contributed by atoms with Crippen molar-refractivity contribution < 1.29 is 14.4 Å². The smallest absolute Gasteiger partial charge is 0.317 e. The number of fused-ring (bicyclic) bond motifs is 2. The third-order valence-electron chi connectivity index (χ3n) is 6.63. The molecule has 2 aromatic carbocycles. The molecule has 5 rings (SSSR count). The lowest BCUT2D eigenvalue weighted by Crippen LogP contribution is -2.35. The number of carbonyl (C=O) groups is 1. The lowest BCUT2D eigenvalue weighted by atomic mass is 9.91. The van der Waals surface area contributed by atoms with Crippen molar-refractivity contribution in [1.82, 2.24) is 19.6 Å². The Bertz CT molecular complexity index is 1370. The number of aromatic nitrogens is 3. The molecule has 1 aliphatic rings. The highest BCUT2D eigenvalue weighted by Crippen LogP contribution is 2.33. The molecular weight excluding hydrogens is 416 g/mol. The molecule has 3 heterocycles. The van der Waals surface area contributed by atoms with E-state index in [4.69, 9.17) is 14.6 Å². The number of hydrogen-bond donors (Lipinski definition) is 1. The van der Waals surface area contributed by atoms with E-state index in [1.165, 1.54) is 27.6 Å². The van der Waals surface area contributed by atoms with Gasteiger partial charge in [-0.3, -0.25) is 9.69 Å². The van der Waals surface area contributed by atoms with Gasteiger partial charge >= 0.3 is 5.97 Å². The van der Waals surface area contributed by atoms with E-state index in [1.54, 1.807) is 0 Å². The van der Waals surface area contributed by atoms with Crippen LogP contribution in [0.4, 0.5) is 0 Å². The Kier molecular flexibility index (Phi) is 5.29. The molecule has 0 bridgehead atoms. The summed E-state index contributed by atoms with van der Waals surface area (Å²) in [4.78, 5) is 17.7. The highest BCUT2D eigenvalue weighted by atomic mass is 16.5. The lowest BCUT2D eigenvalue weighted by molar-refractivity contribution is -0.138. The number of aliphatic carboxylic acids is 1. The summed E-state index contributed by atoms with van der Waals surface area (Å²) < 4.78 is 7.95. The van der Waals surface area contributed by atoms with Gasteiger partial charge in [0.25, 0.3) is 5.89 Å². The molecule has 0 aliphatic carbocycles. The van der Waals surface area contributed by atoms with E-state index in [0.717, 1.165) is 29.7 Å². The second kappa shape index (κ2) is 8.15. The number of rotatable bonds is 5. The van der Waals surface area contributed by atoms with Crippen LogP contribution in [0.3, 0.4) is 0 Å². The Morgan fingerprint density at radius 2 is 2.03 bits per heavy atom.